The van der Waals surface area contributed by atoms with Crippen LogP contribution < -0.4 is 11.2 Å². The van der Waals surface area contributed by atoms with Crippen molar-refractivity contribution < 1.29 is 18.7 Å². The molecule has 192 valence electrons. The molecule has 2 rings (SSSR count). The molecule has 0 spiro atoms. The molecule has 0 saturated carbocycles. The van der Waals surface area contributed by atoms with Crippen LogP contribution in [0.5, 0.6) is 0 Å². The van der Waals surface area contributed by atoms with Crippen LogP contribution in [0.15, 0.2) is 27.0 Å². The first-order chi connectivity index (χ1) is 15.3. The van der Waals surface area contributed by atoms with Gasteiger partial charge in [0.05, 0.1) is 6.61 Å². The molecule has 2 heterocycles. The topological polar surface area (TPSA) is 152 Å². The molecule has 11 nitrogen and oxygen atoms in total. The standard InChI is InChI=1S/C21H39N5O6Si2/c1-19(2,3)33(7,8)31-15-16(32-34(9,10)20(4,5)6)21(13-27,24-25-22)30-17(15)26-12-11-14(28)23-18(26)29/h11-12,15-17,27H,13H2,1-10H3,(H,23,28,29)/t15-,16?,17+,21+/m0/s1. The molecular formula is C21H39N5O6Si2. The molecule has 1 aromatic heterocycles. The van der Waals surface area contributed by atoms with E-state index in [2.05, 4.69) is 69.6 Å². The highest BCUT2D eigenvalue weighted by Gasteiger charge is 2.61. The summed E-state index contributed by atoms with van der Waals surface area (Å²) in [6.45, 7) is 19.9. The molecule has 1 saturated heterocycles. The molecule has 4 atom stereocenters. The Balaban J connectivity index is 2.78. The summed E-state index contributed by atoms with van der Waals surface area (Å²) in [6.07, 6.45) is -1.68. The molecule has 0 radical (unpaired) electrons. The zero-order chi connectivity index (χ0) is 26.3. The van der Waals surface area contributed by atoms with Gasteiger partial charge in [-0.3, -0.25) is 14.3 Å². The lowest BCUT2D eigenvalue weighted by atomic mass is 10.1. The summed E-state index contributed by atoms with van der Waals surface area (Å²) >= 11 is 0. The molecule has 1 unspecified atom stereocenters. The highest BCUT2D eigenvalue weighted by Crippen LogP contribution is 2.48. The van der Waals surface area contributed by atoms with Crippen LogP contribution in [0.2, 0.25) is 36.3 Å². The second-order valence-electron chi connectivity index (χ2n) is 11.9. The molecule has 2 N–H and O–H groups in total. The maximum absolute atomic E-state index is 12.7. The SMILES string of the molecule is CC(C)(C)[Si](C)(C)OC1[C@H](O[Si](C)(C)C(C)(C)C)[C@H](n2ccc(=O)[nH]c2=O)O[C@@]1(CO)N=[N+]=[N-]. The summed E-state index contributed by atoms with van der Waals surface area (Å²) in [5.74, 6) is 0. The smallest absolute Gasteiger partial charge is 0.330 e. The average molecular weight is 514 g/mol. The maximum Gasteiger partial charge on any atom is 0.330 e. The minimum absolute atomic E-state index is 0.196. The number of aliphatic hydroxyl groups excluding tert-OH is 1. The predicted octanol–water partition coefficient (Wildman–Crippen LogP) is 3.85. The minimum atomic E-state index is -2.50. The Labute approximate surface area is 202 Å². The third kappa shape index (κ3) is 5.40. The zero-order valence-corrected chi connectivity index (χ0v) is 23.9. The number of aromatic nitrogens is 2. The number of nitrogens with zero attached hydrogens (tertiary/aromatic N) is 4. The van der Waals surface area contributed by atoms with Gasteiger partial charge in [-0.05, 0) is 41.8 Å². The van der Waals surface area contributed by atoms with Gasteiger partial charge < -0.3 is 18.7 Å². The number of hydrogen-bond acceptors (Lipinski definition) is 7. The van der Waals surface area contributed by atoms with Gasteiger partial charge in [0.1, 0.15) is 12.2 Å². The molecule has 0 amide bonds. The lowest BCUT2D eigenvalue weighted by molar-refractivity contribution is -0.122. The van der Waals surface area contributed by atoms with E-state index in [4.69, 9.17) is 13.6 Å². The number of nitrogens with one attached hydrogen (secondary N) is 1. The van der Waals surface area contributed by atoms with Crippen LogP contribution in [0.3, 0.4) is 0 Å². The largest absolute Gasteiger partial charge is 0.408 e. The van der Waals surface area contributed by atoms with Gasteiger partial charge in [0.15, 0.2) is 28.6 Å². The van der Waals surface area contributed by atoms with Crippen molar-refractivity contribution in [2.75, 3.05) is 6.61 Å². The first-order valence-electron chi connectivity index (χ1n) is 11.3. The summed E-state index contributed by atoms with van der Waals surface area (Å²) in [5, 5.41) is 13.9. The normalized spacial score (nSPS) is 26.4. The molecule has 1 aromatic rings. The van der Waals surface area contributed by atoms with Gasteiger partial charge in [0.2, 0.25) is 0 Å². The van der Waals surface area contributed by atoms with Crippen LogP contribution in [0.25, 0.3) is 10.4 Å². The molecule has 0 aromatic carbocycles. The molecule has 0 aliphatic carbocycles. The van der Waals surface area contributed by atoms with E-state index < -0.39 is 58.7 Å². The monoisotopic (exact) mass is 513 g/mol. The van der Waals surface area contributed by atoms with Crippen molar-refractivity contribution in [3.63, 3.8) is 0 Å². The highest BCUT2D eigenvalue weighted by molar-refractivity contribution is 6.74. The number of hydrogen-bond donors (Lipinski definition) is 2. The van der Waals surface area contributed by atoms with Crippen molar-refractivity contribution >= 4 is 16.6 Å². The Bertz CT molecular complexity index is 1050. The molecule has 34 heavy (non-hydrogen) atoms. The van der Waals surface area contributed by atoms with Crippen LogP contribution in [0.1, 0.15) is 47.8 Å². The fourth-order valence-corrected chi connectivity index (χ4v) is 5.78. The van der Waals surface area contributed by atoms with E-state index in [1.165, 1.54) is 16.8 Å². The van der Waals surface area contributed by atoms with Gasteiger partial charge in [-0.1, -0.05) is 46.7 Å². The first kappa shape index (κ1) is 28.5. The van der Waals surface area contributed by atoms with Crippen LogP contribution in [0, 0.1) is 0 Å². The maximum atomic E-state index is 12.7. The Morgan fingerprint density at radius 2 is 1.68 bits per heavy atom. The van der Waals surface area contributed by atoms with Gasteiger partial charge >= 0.3 is 5.69 Å². The Morgan fingerprint density at radius 1 is 1.15 bits per heavy atom. The first-order valence-corrected chi connectivity index (χ1v) is 17.2. The summed E-state index contributed by atoms with van der Waals surface area (Å²) in [4.78, 5) is 29.6. The molecule has 0 bridgehead atoms. The lowest BCUT2D eigenvalue weighted by Crippen LogP contribution is -2.57. The van der Waals surface area contributed by atoms with E-state index in [-0.39, 0.29) is 10.1 Å². The number of aliphatic hydroxyl groups is 1. The third-order valence-corrected chi connectivity index (χ3v) is 16.3. The van der Waals surface area contributed by atoms with E-state index in [0.717, 1.165) is 0 Å². The van der Waals surface area contributed by atoms with Crippen molar-refractivity contribution in [3.8, 4) is 0 Å². The zero-order valence-electron chi connectivity index (χ0n) is 21.9. The number of ether oxygens (including phenoxy) is 1. The molecule has 1 fully saturated rings. The van der Waals surface area contributed by atoms with Crippen molar-refractivity contribution in [1.29, 1.82) is 0 Å². The molecule has 13 heteroatoms. The summed E-state index contributed by atoms with van der Waals surface area (Å²) < 4.78 is 20.8. The van der Waals surface area contributed by atoms with Crippen molar-refractivity contribution in [3.05, 3.63) is 43.5 Å². The number of azide groups is 1. The Hall–Kier alpha value is -1.74. The lowest BCUT2D eigenvalue weighted by Gasteiger charge is -2.45. The van der Waals surface area contributed by atoms with Crippen LogP contribution in [-0.2, 0) is 13.6 Å². The summed E-state index contributed by atoms with van der Waals surface area (Å²) in [5.41, 5.74) is 6.28. The molecule has 1 aliphatic rings. The van der Waals surface area contributed by atoms with Crippen LogP contribution in [0.4, 0.5) is 0 Å². The Morgan fingerprint density at radius 3 is 2.12 bits per heavy atom. The van der Waals surface area contributed by atoms with Gasteiger partial charge in [0, 0.05) is 17.2 Å². The van der Waals surface area contributed by atoms with E-state index in [0.29, 0.717) is 0 Å². The van der Waals surface area contributed by atoms with E-state index in [9.17, 15) is 20.2 Å². The van der Waals surface area contributed by atoms with Crippen molar-refractivity contribution in [2.45, 2.75) is 102 Å². The second-order valence-corrected chi connectivity index (χ2v) is 21.4. The third-order valence-electron chi connectivity index (χ3n) is 7.38. The number of rotatable bonds is 7. The summed E-state index contributed by atoms with van der Waals surface area (Å²) in [7, 11) is -4.99. The van der Waals surface area contributed by atoms with Crippen LogP contribution >= 0.6 is 0 Å². The highest BCUT2D eigenvalue weighted by atomic mass is 28.4. The van der Waals surface area contributed by atoms with Gasteiger partial charge in [-0.2, -0.15) is 0 Å². The van der Waals surface area contributed by atoms with E-state index in [1.54, 1.807) is 0 Å². The van der Waals surface area contributed by atoms with Gasteiger partial charge in [-0.25, -0.2) is 4.79 Å². The van der Waals surface area contributed by atoms with Gasteiger partial charge in [0.25, 0.3) is 5.56 Å². The van der Waals surface area contributed by atoms with Gasteiger partial charge in [-0.15, -0.1) is 0 Å². The van der Waals surface area contributed by atoms with E-state index >= 15 is 0 Å². The Kier molecular flexibility index (Phi) is 7.86. The predicted molar refractivity (Wildman–Crippen MR) is 135 cm³/mol. The second kappa shape index (κ2) is 9.38. The minimum Gasteiger partial charge on any atom is -0.408 e. The molecular weight excluding hydrogens is 474 g/mol. The quantitative estimate of drug-likeness (QED) is 0.244. The molecule has 1 aliphatic heterocycles. The van der Waals surface area contributed by atoms with E-state index in [1.807, 2.05) is 13.1 Å². The number of aromatic amines is 1. The number of H-pyrrole nitrogens is 1. The van der Waals surface area contributed by atoms with Crippen LogP contribution in [-0.4, -0.2) is 55.8 Å². The summed E-state index contributed by atoms with van der Waals surface area (Å²) in [6, 6.07) is 1.20. The fraction of sp³-hybridized carbons (Fsp3) is 0.810. The van der Waals surface area contributed by atoms with Crippen molar-refractivity contribution in [2.24, 2.45) is 5.11 Å². The fourth-order valence-electron chi connectivity index (χ4n) is 3.20. The average Bonchev–Trinajstić information content (AvgIpc) is 2.93. The van der Waals surface area contributed by atoms with Crippen molar-refractivity contribution in [1.82, 2.24) is 9.55 Å².